The number of fused-ring (bicyclic) bond motifs is 1. The van der Waals surface area contributed by atoms with E-state index in [1.807, 2.05) is 31.3 Å². The molecule has 0 aliphatic carbocycles. The lowest BCUT2D eigenvalue weighted by molar-refractivity contribution is 0.0990. The van der Waals surface area contributed by atoms with Gasteiger partial charge in [-0.1, -0.05) is 19.1 Å². The summed E-state index contributed by atoms with van der Waals surface area (Å²) >= 11 is 0. The standard InChI is InChI=1S/C20H29N3O2/c1-14-7-9-23(10-8-14)13-16(24)12-22-19-15(2)11-21-20-17(19)5-4-6-18(20)25-3/h4-6,11,14,16,24H,7-10,12-13H2,1-3H3,(H,21,22). The largest absolute Gasteiger partial charge is 0.494 e. The molecule has 1 atom stereocenters. The molecule has 25 heavy (non-hydrogen) atoms. The summed E-state index contributed by atoms with van der Waals surface area (Å²) in [7, 11) is 1.66. The molecule has 136 valence electrons. The van der Waals surface area contributed by atoms with Gasteiger partial charge in [0.25, 0.3) is 0 Å². The number of aliphatic hydroxyl groups excluding tert-OH is 1. The van der Waals surface area contributed by atoms with Crippen molar-refractivity contribution in [3.8, 4) is 5.75 Å². The number of aryl methyl sites for hydroxylation is 1. The maximum absolute atomic E-state index is 10.4. The van der Waals surface area contributed by atoms with Crippen LogP contribution in [0.25, 0.3) is 10.9 Å². The van der Waals surface area contributed by atoms with Crippen molar-refractivity contribution in [1.82, 2.24) is 9.88 Å². The first-order valence-electron chi connectivity index (χ1n) is 9.15. The third kappa shape index (κ3) is 4.22. The Balaban J connectivity index is 1.67. The number of nitrogens with one attached hydrogen (secondary N) is 1. The molecule has 1 aliphatic heterocycles. The van der Waals surface area contributed by atoms with E-state index < -0.39 is 0 Å². The molecule has 1 aliphatic rings. The van der Waals surface area contributed by atoms with E-state index in [0.29, 0.717) is 6.54 Å². The number of nitrogens with zero attached hydrogens (tertiary/aromatic N) is 2. The fraction of sp³-hybridized carbons (Fsp3) is 0.550. The Bertz CT molecular complexity index is 711. The molecule has 3 rings (SSSR count). The lowest BCUT2D eigenvalue weighted by Crippen LogP contribution is -2.40. The van der Waals surface area contributed by atoms with Gasteiger partial charge in [0.05, 0.1) is 13.2 Å². The Hall–Kier alpha value is -1.85. The van der Waals surface area contributed by atoms with E-state index in [-0.39, 0.29) is 6.10 Å². The van der Waals surface area contributed by atoms with Crippen molar-refractivity contribution in [2.24, 2.45) is 5.92 Å². The first-order chi connectivity index (χ1) is 12.1. The van der Waals surface area contributed by atoms with Gasteiger partial charge in [0.1, 0.15) is 11.3 Å². The third-order valence-corrected chi connectivity index (χ3v) is 5.13. The van der Waals surface area contributed by atoms with Crippen molar-refractivity contribution in [2.75, 3.05) is 38.6 Å². The van der Waals surface area contributed by atoms with Gasteiger partial charge in [-0.15, -0.1) is 0 Å². The Morgan fingerprint density at radius 3 is 2.84 bits per heavy atom. The summed E-state index contributed by atoms with van der Waals surface area (Å²) in [5.74, 6) is 1.58. The van der Waals surface area contributed by atoms with E-state index in [1.54, 1.807) is 7.11 Å². The van der Waals surface area contributed by atoms with Gasteiger partial charge in [0.15, 0.2) is 0 Å². The second kappa shape index (κ2) is 8.02. The third-order valence-electron chi connectivity index (χ3n) is 5.13. The predicted molar refractivity (Wildman–Crippen MR) is 102 cm³/mol. The van der Waals surface area contributed by atoms with Crippen LogP contribution < -0.4 is 10.1 Å². The van der Waals surface area contributed by atoms with E-state index >= 15 is 0 Å². The number of β-amino-alcohol motifs (C(OH)–C–C–N with tert-alkyl or cyclic N) is 1. The topological polar surface area (TPSA) is 57.6 Å². The van der Waals surface area contributed by atoms with Gasteiger partial charge in [-0.3, -0.25) is 4.98 Å². The van der Waals surface area contributed by atoms with Gasteiger partial charge in [0.2, 0.25) is 0 Å². The summed E-state index contributed by atoms with van der Waals surface area (Å²) in [5, 5.41) is 14.9. The first kappa shape index (κ1) is 18.0. The highest BCUT2D eigenvalue weighted by molar-refractivity contribution is 5.96. The number of para-hydroxylation sites is 1. The second-order valence-corrected chi connectivity index (χ2v) is 7.19. The fourth-order valence-corrected chi connectivity index (χ4v) is 3.52. The number of benzene rings is 1. The van der Waals surface area contributed by atoms with Gasteiger partial charge < -0.3 is 20.1 Å². The van der Waals surface area contributed by atoms with Crippen LogP contribution >= 0.6 is 0 Å². The minimum Gasteiger partial charge on any atom is -0.494 e. The van der Waals surface area contributed by atoms with Crippen LogP contribution in [0.2, 0.25) is 0 Å². The maximum atomic E-state index is 10.4. The number of pyridine rings is 1. The Morgan fingerprint density at radius 1 is 1.36 bits per heavy atom. The summed E-state index contributed by atoms with van der Waals surface area (Å²) < 4.78 is 5.41. The molecule has 1 unspecified atom stereocenters. The average Bonchev–Trinajstić information content (AvgIpc) is 2.62. The predicted octanol–water partition coefficient (Wildman–Crippen LogP) is 3.06. The molecule has 1 fully saturated rings. The van der Waals surface area contributed by atoms with Crippen LogP contribution in [0.15, 0.2) is 24.4 Å². The van der Waals surface area contributed by atoms with Gasteiger partial charge in [-0.25, -0.2) is 0 Å². The molecule has 1 aromatic carbocycles. The number of aromatic nitrogens is 1. The SMILES string of the molecule is COc1cccc2c(NCC(O)CN3CCC(C)CC3)c(C)cnc12. The second-order valence-electron chi connectivity index (χ2n) is 7.19. The molecule has 0 bridgehead atoms. The number of likely N-dealkylation sites (tertiary alicyclic amines) is 1. The number of hydrogen-bond donors (Lipinski definition) is 2. The van der Waals surface area contributed by atoms with Crippen LogP contribution in [-0.4, -0.2) is 54.4 Å². The van der Waals surface area contributed by atoms with E-state index in [2.05, 4.69) is 22.1 Å². The molecule has 1 saturated heterocycles. The minimum absolute atomic E-state index is 0.387. The van der Waals surface area contributed by atoms with E-state index in [9.17, 15) is 5.11 Å². The smallest absolute Gasteiger partial charge is 0.145 e. The van der Waals surface area contributed by atoms with Crippen LogP contribution in [-0.2, 0) is 0 Å². The lowest BCUT2D eigenvalue weighted by Gasteiger charge is -2.31. The zero-order valence-electron chi connectivity index (χ0n) is 15.5. The molecular weight excluding hydrogens is 314 g/mol. The van der Waals surface area contributed by atoms with Gasteiger partial charge in [0, 0.05) is 30.4 Å². The molecule has 2 aromatic rings. The van der Waals surface area contributed by atoms with Crippen LogP contribution in [0.5, 0.6) is 5.75 Å². The molecule has 0 amide bonds. The van der Waals surface area contributed by atoms with Crippen molar-refractivity contribution in [3.05, 3.63) is 30.0 Å². The summed E-state index contributed by atoms with van der Waals surface area (Å²) in [5.41, 5.74) is 2.94. The zero-order chi connectivity index (χ0) is 17.8. The molecule has 0 spiro atoms. The number of methoxy groups -OCH3 is 1. The number of piperidine rings is 1. The number of ether oxygens (including phenoxy) is 1. The zero-order valence-corrected chi connectivity index (χ0v) is 15.5. The van der Waals surface area contributed by atoms with Crippen LogP contribution in [0.1, 0.15) is 25.3 Å². The molecule has 0 radical (unpaired) electrons. The minimum atomic E-state index is -0.387. The van der Waals surface area contributed by atoms with Crippen LogP contribution in [0.4, 0.5) is 5.69 Å². The Kier molecular flexibility index (Phi) is 5.76. The molecule has 0 saturated carbocycles. The van der Waals surface area contributed by atoms with Crippen LogP contribution in [0, 0.1) is 12.8 Å². The summed E-state index contributed by atoms with van der Waals surface area (Å²) in [4.78, 5) is 6.87. The summed E-state index contributed by atoms with van der Waals surface area (Å²) in [6, 6.07) is 5.93. The highest BCUT2D eigenvalue weighted by Gasteiger charge is 2.18. The van der Waals surface area contributed by atoms with E-state index in [0.717, 1.165) is 53.5 Å². The van der Waals surface area contributed by atoms with E-state index in [1.165, 1.54) is 12.8 Å². The normalized spacial score (nSPS) is 17.6. The number of rotatable bonds is 6. The van der Waals surface area contributed by atoms with Gasteiger partial charge in [-0.2, -0.15) is 0 Å². The molecule has 5 heteroatoms. The lowest BCUT2D eigenvalue weighted by atomic mass is 9.99. The quantitative estimate of drug-likeness (QED) is 0.844. The Labute approximate surface area is 150 Å². The summed E-state index contributed by atoms with van der Waals surface area (Å²) in [6.45, 7) is 7.78. The van der Waals surface area contributed by atoms with Crippen molar-refractivity contribution >= 4 is 16.6 Å². The molecule has 2 heterocycles. The first-order valence-corrected chi connectivity index (χ1v) is 9.15. The van der Waals surface area contributed by atoms with Gasteiger partial charge in [-0.05, 0) is 50.4 Å². The maximum Gasteiger partial charge on any atom is 0.145 e. The van der Waals surface area contributed by atoms with Crippen LogP contribution in [0.3, 0.4) is 0 Å². The fourth-order valence-electron chi connectivity index (χ4n) is 3.52. The monoisotopic (exact) mass is 343 g/mol. The average molecular weight is 343 g/mol. The van der Waals surface area contributed by atoms with Gasteiger partial charge >= 0.3 is 0 Å². The number of anilines is 1. The van der Waals surface area contributed by atoms with E-state index in [4.69, 9.17) is 4.74 Å². The molecule has 1 aromatic heterocycles. The number of aliphatic hydroxyl groups is 1. The van der Waals surface area contributed by atoms with Crippen molar-refractivity contribution in [2.45, 2.75) is 32.8 Å². The highest BCUT2D eigenvalue weighted by atomic mass is 16.5. The molecule has 5 nitrogen and oxygen atoms in total. The van der Waals surface area contributed by atoms with Crippen molar-refractivity contribution < 1.29 is 9.84 Å². The summed E-state index contributed by atoms with van der Waals surface area (Å²) in [6.07, 6.45) is 3.93. The van der Waals surface area contributed by atoms with Crippen molar-refractivity contribution in [3.63, 3.8) is 0 Å². The highest BCUT2D eigenvalue weighted by Crippen LogP contribution is 2.31. The molecule has 2 N–H and O–H groups in total. The Morgan fingerprint density at radius 2 is 2.12 bits per heavy atom. The molecular formula is C20H29N3O2. The number of hydrogen-bond acceptors (Lipinski definition) is 5. The van der Waals surface area contributed by atoms with Crippen molar-refractivity contribution in [1.29, 1.82) is 0 Å².